The van der Waals surface area contributed by atoms with Gasteiger partial charge in [-0.15, -0.1) is 0 Å². The van der Waals surface area contributed by atoms with Crippen LogP contribution in [0.4, 0.5) is 0 Å². The fraction of sp³-hybridized carbons (Fsp3) is 0.500. The van der Waals surface area contributed by atoms with E-state index in [1.165, 1.54) is 0 Å². The summed E-state index contributed by atoms with van der Waals surface area (Å²) in [6, 6.07) is 9.91. The summed E-state index contributed by atoms with van der Waals surface area (Å²) in [4.78, 5) is 2.41. The maximum Gasteiger partial charge on any atom is 0.119 e. The van der Waals surface area contributed by atoms with E-state index in [1.54, 1.807) is 12.1 Å². The van der Waals surface area contributed by atoms with E-state index >= 15 is 0 Å². The molecule has 1 aliphatic rings. The number of piperazine rings is 1. The Bertz CT molecular complexity index is 410. The average molecular weight is 245 g/mol. The first-order valence-corrected chi connectivity index (χ1v) is 6.36. The van der Waals surface area contributed by atoms with E-state index in [0.29, 0.717) is 18.2 Å². The van der Waals surface area contributed by atoms with E-state index in [4.69, 9.17) is 10.00 Å². The first kappa shape index (κ1) is 12.9. The summed E-state index contributed by atoms with van der Waals surface area (Å²) in [5, 5.41) is 12.1. The van der Waals surface area contributed by atoms with Crippen molar-refractivity contribution in [2.24, 2.45) is 0 Å². The minimum absolute atomic E-state index is 0.564. The molecule has 4 nitrogen and oxygen atoms in total. The molecule has 1 saturated heterocycles. The summed E-state index contributed by atoms with van der Waals surface area (Å²) in [7, 11) is 0. The van der Waals surface area contributed by atoms with Gasteiger partial charge in [-0.3, -0.25) is 4.90 Å². The number of nitrogens with one attached hydrogen (secondary N) is 1. The van der Waals surface area contributed by atoms with Crippen LogP contribution in [0.1, 0.15) is 12.5 Å². The summed E-state index contributed by atoms with van der Waals surface area (Å²) < 4.78 is 5.67. The first-order valence-electron chi connectivity index (χ1n) is 6.36. The van der Waals surface area contributed by atoms with E-state index in [9.17, 15) is 0 Å². The second kappa shape index (κ2) is 6.39. The van der Waals surface area contributed by atoms with Gasteiger partial charge in [-0.25, -0.2) is 0 Å². The van der Waals surface area contributed by atoms with Crippen LogP contribution in [0, 0.1) is 11.3 Å². The van der Waals surface area contributed by atoms with Gasteiger partial charge >= 0.3 is 0 Å². The number of hydrogen-bond acceptors (Lipinski definition) is 4. The molecule has 1 atom stereocenters. The SMILES string of the molecule is C[C@H]1CN(CCOc2ccc(C#N)cc2)CCN1. The second-order valence-electron chi connectivity index (χ2n) is 4.64. The van der Waals surface area contributed by atoms with Gasteiger partial charge in [0.25, 0.3) is 0 Å². The third-order valence-electron chi connectivity index (χ3n) is 3.11. The Balaban J connectivity index is 1.72. The predicted molar refractivity (Wildman–Crippen MR) is 70.6 cm³/mol. The lowest BCUT2D eigenvalue weighted by Crippen LogP contribution is -2.50. The Labute approximate surface area is 108 Å². The topological polar surface area (TPSA) is 48.3 Å². The summed E-state index contributed by atoms with van der Waals surface area (Å²) in [5.41, 5.74) is 0.665. The quantitative estimate of drug-likeness (QED) is 0.867. The van der Waals surface area contributed by atoms with Gasteiger partial charge in [-0.2, -0.15) is 5.26 Å². The highest BCUT2D eigenvalue weighted by Gasteiger charge is 2.14. The molecule has 0 unspecified atom stereocenters. The molecule has 0 radical (unpaired) electrons. The third kappa shape index (κ3) is 3.73. The normalized spacial score (nSPS) is 20.3. The Kier molecular flexibility index (Phi) is 4.57. The molecule has 1 fully saturated rings. The highest BCUT2D eigenvalue weighted by molar-refractivity contribution is 5.34. The molecule has 4 heteroatoms. The van der Waals surface area contributed by atoms with Crippen molar-refractivity contribution in [3.05, 3.63) is 29.8 Å². The first-order chi connectivity index (χ1) is 8.78. The number of rotatable bonds is 4. The monoisotopic (exact) mass is 245 g/mol. The van der Waals surface area contributed by atoms with Crippen LogP contribution in [-0.4, -0.2) is 43.7 Å². The van der Waals surface area contributed by atoms with Crippen LogP contribution in [0.2, 0.25) is 0 Å². The summed E-state index contributed by atoms with van der Waals surface area (Å²) in [6.07, 6.45) is 0. The van der Waals surface area contributed by atoms with Crippen LogP contribution in [-0.2, 0) is 0 Å². The molecular weight excluding hydrogens is 226 g/mol. The molecule has 0 amide bonds. The number of benzene rings is 1. The maximum atomic E-state index is 8.70. The van der Waals surface area contributed by atoms with E-state index in [1.807, 2.05) is 12.1 Å². The lowest BCUT2D eigenvalue weighted by molar-refractivity contribution is 0.170. The molecule has 96 valence electrons. The van der Waals surface area contributed by atoms with Gasteiger partial charge in [-0.05, 0) is 31.2 Å². The van der Waals surface area contributed by atoms with Gasteiger partial charge in [0.05, 0.1) is 11.6 Å². The van der Waals surface area contributed by atoms with Crippen molar-refractivity contribution < 1.29 is 4.74 Å². The zero-order chi connectivity index (χ0) is 12.8. The Morgan fingerprint density at radius 3 is 2.89 bits per heavy atom. The van der Waals surface area contributed by atoms with Crippen LogP contribution >= 0.6 is 0 Å². The van der Waals surface area contributed by atoms with Crippen molar-refractivity contribution in [1.82, 2.24) is 10.2 Å². The van der Waals surface area contributed by atoms with Gasteiger partial charge in [0, 0.05) is 32.2 Å². The molecule has 18 heavy (non-hydrogen) atoms. The lowest BCUT2D eigenvalue weighted by Gasteiger charge is -2.31. The highest BCUT2D eigenvalue weighted by Crippen LogP contribution is 2.11. The van der Waals surface area contributed by atoms with Gasteiger partial charge < -0.3 is 10.1 Å². The largest absolute Gasteiger partial charge is 0.492 e. The Morgan fingerprint density at radius 2 is 2.22 bits per heavy atom. The van der Waals surface area contributed by atoms with Gasteiger partial charge in [-0.1, -0.05) is 0 Å². The summed E-state index contributed by atoms with van der Waals surface area (Å²) in [5.74, 6) is 0.831. The van der Waals surface area contributed by atoms with Crippen molar-refractivity contribution in [3.63, 3.8) is 0 Å². The molecule has 0 bridgehead atoms. The molecular formula is C14H19N3O. The van der Waals surface area contributed by atoms with Crippen molar-refractivity contribution in [3.8, 4) is 11.8 Å². The maximum absolute atomic E-state index is 8.70. The zero-order valence-corrected chi connectivity index (χ0v) is 10.7. The van der Waals surface area contributed by atoms with Crippen LogP contribution in [0.5, 0.6) is 5.75 Å². The van der Waals surface area contributed by atoms with Crippen LogP contribution < -0.4 is 10.1 Å². The molecule has 0 aromatic heterocycles. The average Bonchev–Trinajstić information content (AvgIpc) is 2.40. The fourth-order valence-corrected chi connectivity index (χ4v) is 2.13. The predicted octanol–water partition coefficient (Wildman–Crippen LogP) is 1.23. The highest BCUT2D eigenvalue weighted by atomic mass is 16.5. The third-order valence-corrected chi connectivity index (χ3v) is 3.11. The number of ether oxygens (including phenoxy) is 1. The second-order valence-corrected chi connectivity index (χ2v) is 4.64. The molecule has 1 heterocycles. The number of hydrogen-bond donors (Lipinski definition) is 1. The Hall–Kier alpha value is -1.57. The van der Waals surface area contributed by atoms with Gasteiger partial charge in [0.15, 0.2) is 0 Å². The van der Waals surface area contributed by atoms with E-state index in [0.717, 1.165) is 31.9 Å². The molecule has 0 aliphatic carbocycles. The van der Waals surface area contributed by atoms with E-state index in [-0.39, 0.29) is 0 Å². The number of nitrogens with zero attached hydrogens (tertiary/aromatic N) is 2. The van der Waals surface area contributed by atoms with Crippen molar-refractivity contribution in [2.45, 2.75) is 13.0 Å². The lowest BCUT2D eigenvalue weighted by atomic mass is 10.2. The Morgan fingerprint density at radius 1 is 1.44 bits per heavy atom. The van der Waals surface area contributed by atoms with E-state index in [2.05, 4.69) is 23.2 Å². The smallest absolute Gasteiger partial charge is 0.119 e. The van der Waals surface area contributed by atoms with Gasteiger partial charge in [0.1, 0.15) is 12.4 Å². The van der Waals surface area contributed by atoms with Crippen molar-refractivity contribution >= 4 is 0 Å². The molecule has 0 spiro atoms. The summed E-state index contributed by atoms with van der Waals surface area (Å²) >= 11 is 0. The van der Waals surface area contributed by atoms with E-state index < -0.39 is 0 Å². The van der Waals surface area contributed by atoms with Crippen LogP contribution in [0.15, 0.2) is 24.3 Å². The zero-order valence-electron chi connectivity index (χ0n) is 10.7. The fourth-order valence-electron chi connectivity index (χ4n) is 2.13. The minimum Gasteiger partial charge on any atom is -0.492 e. The van der Waals surface area contributed by atoms with Crippen molar-refractivity contribution in [1.29, 1.82) is 5.26 Å². The van der Waals surface area contributed by atoms with Crippen molar-refractivity contribution in [2.75, 3.05) is 32.8 Å². The number of nitriles is 1. The van der Waals surface area contributed by atoms with Crippen LogP contribution in [0.3, 0.4) is 0 Å². The summed E-state index contributed by atoms with van der Waals surface area (Å²) in [6.45, 7) is 7.06. The van der Waals surface area contributed by atoms with Crippen LogP contribution in [0.25, 0.3) is 0 Å². The molecule has 1 aliphatic heterocycles. The standard InChI is InChI=1S/C14H19N3O/c1-12-11-17(7-6-16-12)8-9-18-14-4-2-13(10-15)3-5-14/h2-5,12,16H,6-9,11H2,1H3/t12-/m0/s1. The molecule has 1 aromatic rings. The molecule has 1 aromatic carbocycles. The molecule has 1 N–H and O–H groups in total. The molecule has 0 saturated carbocycles. The molecule has 2 rings (SSSR count). The minimum atomic E-state index is 0.564. The van der Waals surface area contributed by atoms with Gasteiger partial charge in [0.2, 0.25) is 0 Å².